The van der Waals surface area contributed by atoms with Crippen LogP contribution >= 0.6 is 0 Å². The topological polar surface area (TPSA) is 411 Å². The van der Waals surface area contributed by atoms with Gasteiger partial charge in [0, 0.05) is 45.2 Å². The van der Waals surface area contributed by atoms with Crippen molar-refractivity contribution in [1.29, 1.82) is 0 Å². The number of benzene rings is 1. The van der Waals surface area contributed by atoms with Crippen molar-refractivity contribution in [2.45, 2.75) is 135 Å². The van der Waals surface area contributed by atoms with Gasteiger partial charge in [-0.1, -0.05) is 46.2 Å². The van der Waals surface area contributed by atoms with Crippen molar-refractivity contribution in [1.82, 2.24) is 47.9 Å². The second-order valence-electron chi connectivity index (χ2n) is 17.2. The molecule has 1 fully saturated rings. The fourth-order valence-electron chi connectivity index (χ4n) is 6.82. The lowest BCUT2D eigenvalue weighted by atomic mass is 9.96. The highest BCUT2D eigenvalue weighted by molar-refractivity contribution is 5.98. The molecule has 2 rings (SSSR count). The molecule has 0 spiro atoms. The predicted molar refractivity (Wildman–Crippen MR) is 246 cm³/mol. The maximum absolute atomic E-state index is 14.0. The minimum atomic E-state index is -1.77. The van der Waals surface area contributed by atoms with Crippen LogP contribution in [0.4, 0.5) is 0 Å². The highest BCUT2D eigenvalue weighted by Crippen LogP contribution is 2.15. The summed E-state index contributed by atoms with van der Waals surface area (Å²) in [5.74, 6) is -10.7. The molecule has 12 amide bonds. The van der Waals surface area contributed by atoms with Crippen molar-refractivity contribution in [2.24, 2.45) is 29.0 Å². The summed E-state index contributed by atoms with van der Waals surface area (Å²) >= 11 is 0. The van der Waals surface area contributed by atoms with E-state index in [1.165, 1.54) is 24.3 Å². The van der Waals surface area contributed by atoms with E-state index in [9.17, 15) is 62.6 Å². The summed E-state index contributed by atoms with van der Waals surface area (Å²) in [4.78, 5) is 156. The van der Waals surface area contributed by atoms with Gasteiger partial charge in [0.1, 0.15) is 42.0 Å². The van der Waals surface area contributed by atoms with Gasteiger partial charge in [0.15, 0.2) is 0 Å². The molecule has 1 aliphatic heterocycles. The van der Waals surface area contributed by atoms with Gasteiger partial charge >= 0.3 is 0 Å². The Morgan fingerprint density at radius 1 is 0.710 bits per heavy atom. The van der Waals surface area contributed by atoms with E-state index in [1.54, 1.807) is 13.8 Å². The van der Waals surface area contributed by atoms with Crippen LogP contribution in [0.1, 0.15) is 97.5 Å². The Hall–Kier alpha value is -7.34. The van der Waals surface area contributed by atoms with Crippen LogP contribution in [0.5, 0.6) is 5.75 Å². The van der Waals surface area contributed by atoms with Crippen molar-refractivity contribution in [3.8, 4) is 5.75 Å². The number of nitrogens with two attached hydrogens (primary N) is 3. The molecule has 1 aliphatic rings. The quantitative estimate of drug-likeness (QED) is 0.0522. The zero-order chi connectivity index (χ0) is 51.8. The number of aromatic hydroxyl groups is 1. The fourth-order valence-corrected chi connectivity index (χ4v) is 6.82. The molecule has 1 heterocycles. The molecule has 0 saturated carbocycles. The number of rotatable bonds is 21. The van der Waals surface area contributed by atoms with Crippen molar-refractivity contribution < 1.29 is 62.6 Å². The molecule has 0 bridgehead atoms. The smallest absolute Gasteiger partial charge is 0.244 e. The lowest BCUT2D eigenvalue weighted by molar-refractivity contribution is -0.136. The highest BCUT2D eigenvalue weighted by atomic mass is 16.3. The Bertz CT molecular complexity index is 2020. The number of unbranched alkanes of at least 4 members (excludes halogenated alkanes) is 1. The number of hydrogen-bond donors (Lipinski definition) is 13. The monoisotopic (exact) mass is 973 g/mol. The van der Waals surface area contributed by atoms with Crippen molar-refractivity contribution in [2.75, 3.05) is 19.6 Å². The number of primary amides is 3. The van der Waals surface area contributed by atoms with E-state index in [2.05, 4.69) is 47.9 Å². The first-order valence-electron chi connectivity index (χ1n) is 22.7. The average molecular weight is 973 g/mol. The maximum atomic E-state index is 14.0. The van der Waals surface area contributed by atoms with Crippen LogP contribution in [0.3, 0.4) is 0 Å². The normalized spacial score (nSPS) is 20.8. The van der Waals surface area contributed by atoms with E-state index < -0.39 is 158 Å². The van der Waals surface area contributed by atoms with Crippen LogP contribution in [0, 0.1) is 11.8 Å². The second kappa shape index (κ2) is 29.4. The Morgan fingerprint density at radius 2 is 1.33 bits per heavy atom. The average Bonchev–Trinajstić information content (AvgIpc) is 3.27. The van der Waals surface area contributed by atoms with Crippen LogP contribution < -0.4 is 65.1 Å². The molecule has 0 aliphatic carbocycles. The van der Waals surface area contributed by atoms with Crippen molar-refractivity contribution in [3.05, 3.63) is 29.8 Å². The molecule has 0 aromatic heterocycles. The number of phenolic OH excluding ortho intramolecular Hbond substituents is 1. The first kappa shape index (κ1) is 57.8. The van der Waals surface area contributed by atoms with Gasteiger partial charge in [-0.3, -0.25) is 57.5 Å². The first-order valence-corrected chi connectivity index (χ1v) is 22.7. The zero-order valence-electron chi connectivity index (χ0n) is 39.4. The van der Waals surface area contributed by atoms with E-state index in [-0.39, 0.29) is 50.3 Å². The minimum absolute atomic E-state index is 0.00944. The summed E-state index contributed by atoms with van der Waals surface area (Å²) in [6, 6.07) is -2.76. The summed E-state index contributed by atoms with van der Waals surface area (Å²) in [7, 11) is 0. The largest absolute Gasteiger partial charge is 0.508 e. The van der Waals surface area contributed by atoms with E-state index in [1.807, 2.05) is 13.8 Å². The van der Waals surface area contributed by atoms with Crippen molar-refractivity contribution in [3.63, 3.8) is 0 Å². The number of nitrogens with one attached hydrogen (secondary N) is 9. The minimum Gasteiger partial charge on any atom is -0.508 e. The van der Waals surface area contributed by atoms with Gasteiger partial charge in [0.25, 0.3) is 0 Å². The molecule has 69 heavy (non-hydrogen) atoms. The van der Waals surface area contributed by atoms with Crippen LogP contribution in [0.25, 0.3) is 0 Å². The molecule has 25 heteroatoms. The molecule has 0 radical (unpaired) electrons. The fraction of sp³-hybridized carbons (Fsp3) is 0.591. The number of phenols is 1. The Labute approximate surface area is 399 Å². The third-order valence-corrected chi connectivity index (χ3v) is 10.8. The number of amides is 12. The van der Waals surface area contributed by atoms with Crippen LogP contribution in [-0.2, 0) is 64.0 Å². The van der Waals surface area contributed by atoms with Gasteiger partial charge in [-0.2, -0.15) is 0 Å². The molecule has 1 aromatic rings. The zero-order valence-corrected chi connectivity index (χ0v) is 39.4. The molecule has 382 valence electrons. The van der Waals surface area contributed by atoms with Gasteiger partial charge < -0.3 is 70.2 Å². The van der Waals surface area contributed by atoms with E-state index in [0.717, 1.165) is 0 Å². The van der Waals surface area contributed by atoms with Gasteiger partial charge in [-0.15, -0.1) is 0 Å². The lowest BCUT2D eigenvalue weighted by Crippen LogP contribution is -2.61. The molecular formula is C44H68N12O13. The summed E-state index contributed by atoms with van der Waals surface area (Å²) < 4.78 is 0. The highest BCUT2D eigenvalue weighted by Gasteiger charge is 2.35. The SMILES string of the molecule is CC[C@H](C)[C@@H]1NC(=O)[C@H](Cc2ccc(O)cc2)NC(=O)CCC(=O)NC[C@@H](C(=O)NCCCCC(=O)N[C@@H](CC(C)C)C(=O)NCC(N)=O)NC(=O)[C@H](CC(N)=O)NC(=O)[C@H](CCC(N)=O)NC1=O. The van der Waals surface area contributed by atoms with E-state index in [4.69, 9.17) is 17.2 Å². The van der Waals surface area contributed by atoms with Crippen LogP contribution in [-0.4, -0.2) is 132 Å². The lowest BCUT2D eigenvalue weighted by Gasteiger charge is -2.29. The Kier molecular flexibility index (Phi) is 24.6. The molecule has 7 atom stereocenters. The number of hydrogen-bond acceptors (Lipinski definition) is 13. The first-order chi connectivity index (χ1) is 32.5. The number of carbonyl (C=O) groups excluding carboxylic acids is 12. The van der Waals surface area contributed by atoms with Gasteiger partial charge in [0.2, 0.25) is 70.9 Å². The Morgan fingerprint density at radius 3 is 1.94 bits per heavy atom. The number of carbonyl (C=O) groups is 12. The third kappa shape index (κ3) is 22.3. The molecule has 1 saturated heterocycles. The molecular weight excluding hydrogens is 905 g/mol. The van der Waals surface area contributed by atoms with Gasteiger partial charge in [-0.05, 0) is 55.2 Å². The molecule has 1 aromatic carbocycles. The Balaban J connectivity index is 2.41. The van der Waals surface area contributed by atoms with Gasteiger partial charge in [-0.25, -0.2) is 0 Å². The second-order valence-corrected chi connectivity index (χ2v) is 17.2. The van der Waals surface area contributed by atoms with Crippen LogP contribution in [0.2, 0.25) is 0 Å². The van der Waals surface area contributed by atoms with E-state index in [0.29, 0.717) is 12.0 Å². The molecule has 25 nitrogen and oxygen atoms in total. The van der Waals surface area contributed by atoms with Crippen LogP contribution in [0.15, 0.2) is 24.3 Å². The maximum Gasteiger partial charge on any atom is 0.244 e. The summed E-state index contributed by atoms with van der Waals surface area (Å²) in [6.07, 6.45) is -1.71. The molecule has 16 N–H and O–H groups in total. The van der Waals surface area contributed by atoms with Crippen molar-refractivity contribution >= 4 is 70.9 Å². The summed E-state index contributed by atoms with van der Waals surface area (Å²) in [5, 5.41) is 32.3. The predicted octanol–water partition coefficient (Wildman–Crippen LogP) is -4.13. The molecule has 0 unspecified atom stereocenters. The summed E-state index contributed by atoms with van der Waals surface area (Å²) in [6.45, 7) is 6.01. The summed E-state index contributed by atoms with van der Waals surface area (Å²) in [5.41, 5.74) is 16.4. The van der Waals surface area contributed by atoms with E-state index >= 15 is 0 Å². The van der Waals surface area contributed by atoms with Gasteiger partial charge in [0.05, 0.1) is 13.0 Å². The standard InChI is InChI=1S/C44H68N12O13/c1-5-24(4)38-44(69)53-27(13-14-32(45)58)41(66)54-30(20-33(46)59)42(67)55-31(40(65)48-17-7-6-8-36(62)51-28(18-23(2)3)39(64)50-22-34(47)60)21-49-35(61)15-16-37(63)52-29(43(68)56-38)19-25-9-11-26(57)12-10-25/h9-12,23-24,27-31,38,57H,5-8,13-22H2,1-4H3,(H2,45,58)(H2,46,59)(H2,47,60)(H,48,65)(H,49,61)(H,50,64)(H,51,62)(H,52,63)(H,53,69)(H,54,66)(H,55,67)(H,56,68)/t24-,27-,28-,29-,30-,31-,38-/m0/s1. The third-order valence-electron chi connectivity index (χ3n) is 10.8.